The Kier molecular flexibility index (Phi) is 6.48. The second-order valence-corrected chi connectivity index (χ2v) is 7.44. The number of rotatable bonds is 8. The molecule has 0 saturated carbocycles. The first-order chi connectivity index (χ1) is 14.8. The van der Waals surface area contributed by atoms with Crippen molar-refractivity contribution in [1.29, 1.82) is 0 Å². The number of ketones is 1. The van der Waals surface area contributed by atoms with Gasteiger partial charge in [0.25, 0.3) is 5.91 Å². The average molecular weight is 426 g/mol. The van der Waals surface area contributed by atoms with Gasteiger partial charge >= 0.3 is 0 Å². The summed E-state index contributed by atoms with van der Waals surface area (Å²) in [4.78, 5) is 31.6. The molecule has 2 heterocycles. The third-order valence-electron chi connectivity index (χ3n) is 5.17. The molecule has 3 rings (SSSR count). The number of ether oxygens (including phenoxy) is 3. The summed E-state index contributed by atoms with van der Waals surface area (Å²) in [6, 6.07) is 6.13. The topological polar surface area (TPSA) is 98.2 Å². The lowest BCUT2D eigenvalue weighted by atomic mass is 9.91. The minimum Gasteiger partial charge on any atom is -0.503 e. The van der Waals surface area contributed by atoms with Crippen LogP contribution in [-0.2, 0) is 16.1 Å². The van der Waals surface area contributed by atoms with Crippen LogP contribution in [0.25, 0.3) is 0 Å². The molecule has 164 valence electrons. The van der Waals surface area contributed by atoms with E-state index in [2.05, 4.69) is 4.98 Å². The van der Waals surface area contributed by atoms with Crippen LogP contribution < -0.4 is 14.2 Å². The highest BCUT2D eigenvalue weighted by atomic mass is 16.5. The molecule has 0 radical (unpaired) electrons. The minimum atomic E-state index is -0.823. The van der Waals surface area contributed by atoms with Gasteiger partial charge in [0.2, 0.25) is 5.75 Å². The standard InChI is InChI=1S/C23H26N2O6/c1-13(2)20(26)18-19(15-9-16(29-3)22(31-5)17(10-15)30-4)25(23(28)21(18)27)12-14-7-6-8-24-11-14/h6-11,13,19,27H,12H2,1-5H3. The van der Waals surface area contributed by atoms with Gasteiger partial charge in [-0.05, 0) is 29.3 Å². The first kappa shape index (κ1) is 22.1. The summed E-state index contributed by atoms with van der Waals surface area (Å²) in [7, 11) is 4.47. The molecule has 0 aliphatic carbocycles. The number of aliphatic hydroxyl groups excluding tert-OH is 1. The Hall–Kier alpha value is -3.55. The zero-order valence-corrected chi connectivity index (χ0v) is 18.2. The third kappa shape index (κ3) is 4.05. The Morgan fingerprint density at radius 2 is 1.81 bits per heavy atom. The van der Waals surface area contributed by atoms with Crippen LogP contribution in [0.15, 0.2) is 48.0 Å². The van der Waals surface area contributed by atoms with Crippen molar-refractivity contribution >= 4 is 11.7 Å². The number of Topliss-reactive ketones (excluding diaryl/α,β-unsaturated/α-hetero) is 1. The molecule has 8 nitrogen and oxygen atoms in total. The van der Waals surface area contributed by atoms with Crippen LogP contribution >= 0.6 is 0 Å². The van der Waals surface area contributed by atoms with Gasteiger partial charge in [-0.25, -0.2) is 0 Å². The molecule has 0 bridgehead atoms. The first-order valence-corrected chi connectivity index (χ1v) is 9.81. The molecular weight excluding hydrogens is 400 g/mol. The normalized spacial score (nSPS) is 16.1. The minimum absolute atomic E-state index is 0.0539. The maximum Gasteiger partial charge on any atom is 0.290 e. The summed E-state index contributed by atoms with van der Waals surface area (Å²) in [5, 5.41) is 10.7. The largest absolute Gasteiger partial charge is 0.503 e. The monoisotopic (exact) mass is 426 g/mol. The quantitative estimate of drug-likeness (QED) is 0.692. The van der Waals surface area contributed by atoms with Gasteiger partial charge in [-0.1, -0.05) is 19.9 Å². The van der Waals surface area contributed by atoms with Crippen molar-refractivity contribution in [3.8, 4) is 17.2 Å². The van der Waals surface area contributed by atoms with Crippen LogP contribution in [0.4, 0.5) is 0 Å². The van der Waals surface area contributed by atoms with Gasteiger partial charge in [-0.15, -0.1) is 0 Å². The molecule has 1 aromatic heterocycles. The number of aliphatic hydroxyl groups is 1. The number of carbonyl (C=O) groups is 2. The molecule has 2 aromatic rings. The fourth-order valence-corrected chi connectivity index (χ4v) is 3.67. The molecule has 1 aromatic carbocycles. The van der Waals surface area contributed by atoms with Crippen LogP contribution in [0.5, 0.6) is 17.2 Å². The molecule has 1 aliphatic rings. The Labute approximate surface area is 181 Å². The number of hydrogen-bond donors (Lipinski definition) is 1. The van der Waals surface area contributed by atoms with Gasteiger partial charge < -0.3 is 24.2 Å². The van der Waals surface area contributed by atoms with E-state index in [9.17, 15) is 14.7 Å². The summed E-state index contributed by atoms with van der Waals surface area (Å²) >= 11 is 0. The van der Waals surface area contributed by atoms with E-state index in [1.165, 1.54) is 26.2 Å². The predicted octanol–water partition coefficient (Wildman–Crippen LogP) is 3.23. The lowest BCUT2D eigenvalue weighted by molar-refractivity contribution is -0.130. The molecular formula is C23H26N2O6. The summed E-state index contributed by atoms with van der Waals surface area (Å²) < 4.78 is 16.3. The highest BCUT2D eigenvalue weighted by Crippen LogP contribution is 2.45. The van der Waals surface area contributed by atoms with Crippen LogP contribution in [0, 0.1) is 5.92 Å². The lowest BCUT2D eigenvalue weighted by Gasteiger charge is -2.28. The predicted molar refractivity (Wildman–Crippen MR) is 113 cm³/mol. The van der Waals surface area contributed by atoms with Gasteiger partial charge in [-0.2, -0.15) is 0 Å². The van der Waals surface area contributed by atoms with Gasteiger partial charge in [0.1, 0.15) is 0 Å². The Morgan fingerprint density at radius 3 is 2.29 bits per heavy atom. The van der Waals surface area contributed by atoms with Gasteiger partial charge in [0.05, 0.1) is 32.9 Å². The smallest absolute Gasteiger partial charge is 0.290 e. The van der Waals surface area contributed by atoms with Crippen molar-refractivity contribution < 1.29 is 28.9 Å². The molecule has 0 spiro atoms. The van der Waals surface area contributed by atoms with Crippen molar-refractivity contribution in [3.63, 3.8) is 0 Å². The van der Waals surface area contributed by atoms with E-state index in [0.717, 1.165) is 5.56 Å². The molecule has 0 fully saturated rings. The lowest BCUT2D eigenvalue weighted by Crippen LogP contribution is -2.31. The van der Waals surface area contributed by atoms with E-state index < -0.39 is 23.6 Å². The molecule has 1 amide bonds. The van der Waals surface area contributed by atoms with Gasteiger partial charge in [-0.3, -0.25) is 14.6 Å². The number of hydrogen-bond acceptors (Lipinski definition) is 7. The number of nitrogens with zero attached hydrogens (tertiary/aromatic N) is 2. The number of methoxy groups -OCH3 is 3. The SMILES string of the molecule is COc1cc(C2C(C(=O)C(C)C)=C(O)C(=O)N2Cc2cccnc2)cc(OC)c1OC. The number of carbonyl (C=O) groups excluding carboxylic acids is 2. The Bertz CT molecular complexity index is 991. The van der Waals surface area contributed by atoms with Crippen molar-refractivity contribution in [2.75, 3.05) is 21.3 Å². The molecule has 1 aliphatic heterocycles. The zero-order valence-electron chi connectivity index (χ0n) is 18.2. The van der Waals surface area contributed by atoms with Crippen molar-refractivity contribution in [1.82, 2.24) is 9.88 Å². The van der Waals surface area contributed by atoms with Crippen LogP contribution in [0.2, 0.25) is 0 Å². The molecule has 31 heavy (non-hydrogen) atoms. The first-order valence-electron chi connectivity index (χ1n) is 9.81. The highest BCUT2D eigenvalue weighted by molar-refractivity contribution is 6.09. The van der Waals surface area contributed by atoms with Crippen LogP contribution in [0.1, 0.15) is 31.0 Å². The second kappa shape index (κ2) is 9.07. The fourth-order valence-electron chi connectivity index (χ4n) is 3.67. The van der Waals surface area contributed by atoms with Gasteiger partial charge in [0.15, 0.2) is 23.0 Å². The number of benzene rings is 1. The molecule has 1 unspecified atom stereocenters. The van der Waals surface area contributed by atoms with E-state index >= 15 is 0 Å². The molecule has 8 heteroatoms. The van der Waals surface area contributed by atoms with Crippen molar-refractivity contribution in [2.45, 2.75) is 26.4 Å². The van der Waals surface area contributed by atoms with E-state index in [4.69, 9.17) is 14.2 Å². The highest BCUT2D eigenvalue weighted by Gasteiger charge is 2.44. The summed E-state index contributed by atoms with van der Waals surface area (Å²) in [6.45, 7) is 3.61. The zero-order chi connectivity index (χ0) is 22.7. The van der Waals surface area contributed by atoms with Crippen molar-refractivity contribution in [3.05, 3.63) is 59.1 Å². The number of aromatic nitrogens is 1. The maximum atomic E-state index is 13.0. The van der Waals surface area contributed by atoms with Crippen LogP contribution in [0.3, 0.4) is 0 Å². The maximum absolute atomic E-state index is 13.0. The summed E-state index contributed by atoms with van der Waals surface area (Å²) in [5.41, 5.74) is 1.37. The van der Waals surface area contributed by atoms with Gasteiger partial charge in [0, 0.05) is 24.9 Å². The van der Waals surface area contributed by atoms with E-state index in [1.807, 2.05) is 6.07 Å². The second-order valence-electron chi connectivity index (χ2n) is 7.44. The molecule has 0 saturated heterocycles. The Balaban J connectivity index is 2.19. The van der Waals surface area contributed by atoms with E-state index in [-0.39, 0.29) is 17.9 Å². The Morgan fingerprint density at radius 1 is 1.16 bits per heavy atom. The summed E-state index contributed by atoms with van der Waals surface area (Å²) in [6.07, 6.45) is 3.27. The molecule has 1 N–H and O–H groups in total. The summed E-state index contributed by atoms with van der Waals surface area (Å²) in [5.74, 6) is -0.720. The van der Waals surface area contributed by atoms with E-state index in [1.54, 1.807) is 44.4 Å². The average Bonchev–Trinajstić information content (AvgIpc) is 3.02. The third-order valence-corrected chi connectivity index (χ3v) is 5.17. The van der Waals surface area contributed by atoms with E-state index in [0.29, 0.717) is 22.8 Å². The number of amides is 1. The number of pyridine rings is 1. The van der Waals surface area contributed by atoms with Crippen LogP contribution in [-0.4, -0.2) is 48.0 Å². The fraction of sp³-hybridized carbons (Fsp3) is 0.348. The molecule has 1 atom stereocenters. The van der Waals surface area contributed by atoms with Crippen molar-refractivity contribution in [2.24, 2.45) is 5.92 Å².